The summed E-state index contributed by atoms with van der Waals surface area (Å²) in [7, 11) is 3.26. The van der Waals surface area contributed by atoms with E-state index in [-0.39, 0.29) is 11.6 Å². The van der Waals surface area contributed by atoms with Gasteiger partial charge in [-0.3, -0.25) is 10.1 Å². The van der Waals surface area contributed by atoms with Crippen molar-refractivity contribution in [1.29, 1.82) is 0 Å². The molecule has 0 unspecified atom stereocenters. The second-order valence-electron chi connectivity index (χ2n) is 9.29. The molecule has 2 aromatic rings. The fourth-order valence-electron chi connectivity index (χ4n) is 4.13. The molecule has 1 aromatic carbocycles. The number of halogens is 2. The van der Waals surface area contributed by atoms with Crippen LogP contribution in [0.2, 0.25) is 0 Å². The molecule has 2 aliphatic rings. The van der Waals surface area contributed by atoms with Crippen LogP contribution in [0.3, 0.4) is 0 Å². The Morgan fingerprint density at radius 1 is 1.24 bits per heavy atom. The van der Waals surface area contributed by atoms with E-state index in [1.807, 2.05) is 6.07 Å². The first-order valence-electron chi connectivity index (χ1n) is 12.2. The average Bonchev–Trinajstić information content (AvgIpc) is 3.81. The molecule has 7 nitrogen and oxygen atoms in total. The van der Waals surface area contributed by atoms with E-state index in [2.05, 4.69) is 27.1 Å². The van der Waals surface area contributed by atoms with Crippen molar-refractivity contribution >= 4 is 35.3 Å². The largest absolute Gasteiger partial charge is 0.404 e. The number of H-pyrrole nitrogens is 1. The minimum absolute atomic E-state index is 0.165. The maximum absolute atomic E-state index is 14.9. The van der Waals surface area contributed by atoms with Gasteiger partial charge >= 0.3 is 0 Å². The molecule has 2 aliphatic carbocycles. The normalized spacial score (nSPS) is 17.2. The number of rotatable bonds is 10. The molecule has 196 valence electrons. The molecule has 0 amide bonds. The van der Waals surface area contributed by atoms with Gasteiger partial charge in [-0.15, -0.1) is 11.8 Å². The number of nitrogens with two attached hydrogens (primary N) is 1. The summed E-state index contributed by atoms with van der Waals surface area (Å²) in [5.41, 5.74) is 9.04. The molecular weight excluding hydrogens is 492 g/mol. The monoisotopic (exact) mass is 525 g/mol. The van der Waals surface area contributed by atoms with Gasteiger partial charge in [-0.2, -0.15) is 5.10 Å². The van der Waals surface area contributed by atoms with Gasteiger partial charge in [0.05, 0.1) is 0 Å². The van der Waals surface area contributed by atoms with Gasteiger partial charge in [-0.25, -0.2) is 13.8 Å². The lowest BCUT2D eigenvalue weighted by Gasteiger charge is -2.22. The summed E-state index contributed by atoms with van der Waals surface area (Å²) in [6.07, 6.45) is 9.12. The summed E-state index contributed by atoms with van der Waals surface area (Å²) in [5.74, 6) is 0.938. The standard InChI is InChI=1S/C27H33F2N7S/c1-15(19(13-30)14-31-3)25(18-8-9-18)27(33-24-12-23(34-35-24)17-6-7-17)32-16(2)36(4)26-21(28)10-20(37-5)11-22(26)29/h10-14,17-18H,1,6-9,30H2,2-5H3,(H2,33,34,35)/b19-13+,27-25-,31-14?,32-16+. The Labute approximate surface area is 220 Å². The molecule has 0 bridgehead atoms. The number of aromatic nitrogens is 2. The highest BCUT2D eigenvalue weighted by Gasteiger charge is 2.32. The number of allylic oxidation sites excluding steroid dienone is 3. The van der Waals surface area contributed by atoms with Crippen LogP contribution >= 0.6 is 11.8 Å². The number of anilines is 2. The van der Waals surface area contributed by atoms with E-state index >= 15 is 0 Å². The van der Waals surface area contributed by atoms with Gasteiger partial charge in [-0.05, 0) is 62.5 Å². The third kappa shape index (κ3) is 6.12. The number of thioether (sulfide) groups is 1. The van der Waals surface area contributed by atoms with Crippen molar-refractivity contribution in [2.45, 2.75) is 43.4 Å². The maximum Gasteiger partial charge on any atom is 0.153 e. The fourth-order valence-corrected chi connectivity index (χ4v) is 4.57. The second-order valence-corrected chi connectivity index (χ2v) is 10.2. The summed E-state index contributed by atoms with van der Waals surface area (Å²) >= 11 is 1.28. The fraction of sp³-hybridized carbons (Fsp3) is 0.370. The van der Waals surface area contributed by atoms with Gasteiger partial charge in [0.15, 0.2) is 17.5 Å². The first-order valence-corrected chi connectivity index (χ1v) is 13.4. The van der Waals surface area contributed by atoms with Gasteiger partial charge < -0.3 is 16.0 Å². The van der Waals surface area contributed by atoms with Crippen LogP contribution in [0.1, 0.15) is 44.2 Å². The van der Waals surface area contributed by atoms with E-state index in [0.717, 1.165) is 37.0 Å². The predicted molar refractivity (Wildman–Crippen MR) is 149 cm³/mol. The molecule has 0 saturated heterocycles. The molecule has 1 heterocycles. The van der Waals surface area contributed by atoms with E-state index in [0.29, 0.717) is 39.4 Å². The quantitative estimate of drug-likeness (QED) is 0.154. The SMILES string of the molecule is C=C(/C(C=NC)=C/N)/C(=C(\N=C(/C)N(C)c1c(F)cc(SC)cc1F)Nc1cc(C2CC2)[nH]n1)C1CC1. The zero-order chi connectivity index (χ0) is 26.7. The van der Waals surface area contributed by atoms with Crippen molar-refractivity contribution < 1.29 is 8.78 Å². The summed E-state index contributed by atoms with van der Waals surface area (Å²) in [5, 5.41) is 10.9. The van der Waals surface area contributed by atoms with Crippen molar-refractivity contribution in [2.75, 3.05) is 30.6 Å². The van der Waals surface area contributed by atoms with E-state index in [1.165, 1.54) is 35.0 Å². The van der Waals surface area contributed by atoms with Crippen LogP contribution in [0.5, 0.6) is 0 Å². The van der Waals surface area contributed by atoms with Gasteiger partial charge in [0, 0.05) is 60.2 Å². The van der Waals surface area contributed by atoms with Crippen LogP contribution in [-0.4, -0.2) is 42.6 Å². The van der Waals surface area contributed by atoms with Crippen LogP contribution in [0.4, 0.5) is 20.3 Å². The van der Waals surface area contributed by atoms with Gasteiger partial charge in [0.1, 0.15) is 17.3 Å². The Morgan fingerprint density at radius 3 is 2.46 bits per heavy atom. The number of nitrogens with zero attached hydrogens (tertiary/aromatic N) is 4. The molecule has 0 atom stereocenters. The minimum atomic E-state index is -0.652. The zero-order valence-corrected chi connectivity index (χ0v) is 22.4. The molecule has 1 aromatic heterocycles. The Bertz CT molecular complexity index is 1280. The highest BCUT2D eigenvalue weighted by Crippen LogP contribution is 2.44. The maximum atomic E-state index is 14.9. The Kier molecular flexibility index (Phi) is 8.16. The molecule has 37 heavy (non-hydrogen) atoms. The van der Waals surface area contributed by atoms with Gasteiger partial charge in [0.2, 0.25) is 0 Å². The van der Waals surface area contributed by atoms with Crippen molar-refractivity contribution in [1.82, 2.24) is 10.2 Å². The molecule has 0 aliphatic heterocycles. The smallest absolute Gasteiger partial charge is 0.153 e. The number of hydrogen-bond acceptors (Lipinski definition) is 6. The summed E-state index contributed by atoms with van der Waals surface area (Å²) in [4.78, 5) is 10.9. The van der Waals surface area contributed by atoms with Crippen molar-refractivity contribution in [3.63, 3.8) is 0 Å². The summed E-state index contributed by atoms with van der Waals surface area (Å²) in [6.45, 7) is 6.01. The number of hydrogen-bond donors (Lipinski definition) is 3. The molecule has 2 fully saturated rings. The highest BCUT2D eigenvalue weighted by molar-refractivity contribution is 7.98. The van der Waals surface area contributed by atoms with E-state index in [9.17, 15) is 8.78 Å². The van der Waals surface area contributed by atoms with Crippen LogP contribution in [0, 0.1) is 17.6 Å². The molecular formula is C27H33F2N7S. The van der Waals surface area contributed by atoms with Crippen molar-refractivity contribution in [3.8, 4) is 0 Å². The number of aliphatic imine (C=N–C) groups is 2. The number of amidine groups is 1. The average molecular weight is 526 g/mol. The molecule has 0 spiro atoms. The highest BCUT2D eigenvalue weighted by atomic mass is 32.2. The van der Waals surface area contributed by atoms with E-state index < -0.39 is 11.6 Å². The lowest BCUT2D eigenvalue weighted by Crippen LogP contribution is -2.26. The third-order valence-electron chi connectivity index (χ3n) is 6.54. The molecule has 4 rings (SSSR count). The topological polar surface area (TPSA) is 94.7 Å². The molecule has 2 saturated carbocycles. The first-order chi connectivity index (χ1) is 17.8. The number of nitrogens with one attached hydrogen (secondary N) is 2. The lowest BCUT2D eigenvalue weighted by molar-refractivity contribution is 0.579. The van der Waals surface area contributed by atoms with Gasteiger partial charge in [-0.1, -0.05) is 6.58 Å². The summed E-state index contributed by atoms with van der Waals surface area (Å²) < 4.78 is 29.8. The van der Waals surface area contributed by atoms with Crippen LogP contribution in [-0.2, 0) is 0 Å². The van der Waals surface area contributed by atoms with Gasteiger partial charge in [0.25, 0.3) is 0 Å². The van der Waals surface area contributed by atoms with E-state index in [1.54, 1.807) is 33.5 Å². The Balaban J connectivity index is 1.78. The van der Waals surface area contributed by atoms with E-state index in [4.69, 9.17) is 10.7 Å². The lowest BCUT2D eigenvalue weighted by atomic mass is 9.96. The predicted octanol–water partition coefficient (Wildman–Crippen LogP) is 5.97. The summed E-state index contributed by atoms with van der Waals surface area (Å²) in [6, 6.07) is 4.63. The van der Waals surface area contributed by atoms with Crippen LogP contribution < -0.4 is 16.0 Å². The zero-order valence-electron chi connectivity index (χ0n) is 21.6. The third-order valence-corrected chi connectivity index (χ3v) is 7.25. The first kappa shape index (κ1) is 26.7. The molecule has 10 heteroatoms. The minimum Gasteiger partial charge on any atom is -0.404 e. The Morgan fingerprint density at radius 2 is 1.92 bits per heavy atom. The van der Waals surface area contributed by atoms with Crippen molar-refractivity contribution in [2.24, 2.45) is 21.6 Å². The molecule has 4 N–H and O–H groups in total. The number of aromatic amines is 1. The molecule has 0 radical (unpaired) electrons. The number of benzene rings is 1. The Hall–Kier alpha value is -3.40. The van der Waals surface area contributed by atoms with Crippen LogP contribution in [0.25, 0.3) is 0 Å². The second kappa shape index (κ2) is 11.3. The van der Waals surface area contributed by atoms with Crippen LogP contribution in [0.15, 0.2) is 68.4 Å². The van der Waals surface area contributed by atoms with Crippen molar-refractivity contribution in [3.05, 3.63) is 70.8 Å².